The van der Waals surface area contributed by atoms with Crippen LogP contribution in [0.5, 0.6) is 0 Å². The molecule has 2 heterocycles. The van der Waals surface area contributed by atoms with Gasteiger partial charge in [0, 0.05) is 24.4 Å². The summed E-state index contributed by atoms with van der Waals surface area (Å²) in [5.41, 5.74) is 0.239. The fraction of sp³-hybridized carbons (Fsp3) is 0.133. The molecule has 5 nitrogen and oxygen atoms in total. The first kappa shape index (κ1) is 15.0. The molecule has 118 valence electrons. The van der Waals surface area contributed by atoms with E-state index in [9.17, 15) is 18.0 Å². The van der Waals surface area contributed by atoms with Gasteiger partial charge in [0.2, 0.25) is 5.90 Å². The van der Waals surface area contributed by atoms with Gasteiger partial charge in [-0.2, -0.15) is 18.3 Å². The fourth-order valence-electron chi connectivity index (χ4n) is 2.01. The minimum atomic E-state index is -4.42. The van der Waals surface area contributed by atoms with Crippen LogP contribution in [0.15, 0.2) is 47.3 Å². The SMILES string of the molecule is Cn1cc(/C=C2\N=C(c3ccc(C(F)(F)F)cc3)OC2=O)cn1. The average molecular weight is 321 g/mol. The minimum Gasteiger partial charge on any atom is -0.402 e. The van der Waals surface area contributed by atoms with E-state index in [-0.39, 0.29) is 11.6 Å². The topological polar surface area (TPSA) is 56.5 Å². The Morgan fingerprint density at radius 3 is 2.48 bits per heavy atom. The highest BCUT2D eigenvalue weighted by Gasteiger charge is 2.31. The second-order valence-corrected chi connectivity index (χ2v) is 4.86. The summed E-state index contributed by atoms with van der Waals surface area (Å²) in [6.07, 6.45) is 0.308. The molecule has 0 bridgehead atoms. The lowest BCUT2D eigenvalue weighted by Crippen LogP contribution is -2.08. The van der Waals surface area contributed by atoms with E-state index in [1.54, 1.807) is 24.1 Å². The molecule has 8 heteroatoms. The Morgan fingerprint density at radius 2 is 1.91 bits per heavy atom. The van der Waals surface area contributed by atoms with Crippen molar-refractivity contribution in [3.05, 3.63) is 59.0 Å². The number of nitrogens with zero attached hydrogens (tertiary/aromatic N) is 3. The zero-order valence-corrected chi connectivity index (χ0v) is 11.8. The third-order valence-corrected chi connectivity index (χ3v) is 3.11. The maximum Gasteiger partial charge on any atom is 0.416 e. The predicted octanol–water partition coefficient (Wildman–Crippen LogP) is 2.78. The van der Waals surface area contributed by atoms with Gasteiger partial charge in [0.05, 0.1) is 11.8 Å². The Morgan fingerprint density at radius 1 is 1.22 bits per heavy atom. The maximum absolute atomic E-state index is 12.5. The van der Waals surface area contributed by atoms with Crippen molar-refractivity contribution in [2.75, 3.05) is 0 Å². The van der Waals surface area contributed by atoms with Gasteiger partial charge in [0.25, 0.3) is 0 Å². The first-order valence-corrected chi connectivity index (χ1v) is 6.52. The van der Waals surface area contributed by atoms with Gasteiger partial charge in [0.1, 0.15) is 0 Å². The quantitative estimate of drug-likeness (QED) is 0.631. The molecular weight excluding hydrogens is 311 g/mol. The molecule has 0 spiro atoms. The van der Waals surface area contributed by atoms with E-state index < -0.39 is 17.7 Å². The normalized spacial score (nSPS) is 16.6. The molecule has 3 rings (SSSR count). The van der Waals surface area contributed by atoms with Gasteiger partial charge in [-0.05, 0) is 30.3 Å². The number of cyclic esters (lactones) is 1. The number of carbonyl (C=O) groups is 1. The lowest BCUT2D eigenvalue weighted by Gasteiger charge is -2.06. The standard InChI is InChI=1S/C15H10F3N3O2/c1-21-8-9(7-19-21)6-12-14(22)23-13(20-12)10-2-4-11(5-3-10)15(16,17)18/h2-8H,1H3/b12-6-. The number of aromatic nitrogens is 2. The van der Waals surface area contributed by atoms with Crippen LogP contribution in [0.1, 0.15) is 16.7 Å². The molecule has 1 aromatic carbocycles. The van der Waals surface area contributed by atoms with E-state index in [1.165, 1.54) is 18.2 Å². The molecule has 0 N–H and O–H groups in total. The third-order valence-electron chi connectivity index (χ3n) is 3.11. The van der Waals surface area contributed by atoms with Gasteiger partial charge in [-0.1, -0.05) is 0 Å². The van der Waals surface area contributed by atoms with Crippen molar-refractivity contribution in [3.63, 3.8) is 0 Å². The molecule has 1 aliphatic rings. The number of ether oxygens (including phenoxy) is 1. The Kier molecular flexibility index (Phi) is 3.51. The zero-order valence-electron chi connectivity index (χ0n) is 11.8. The number of hydrogen-bond acceptors (Lipinski definition) is 4. The monoisotopic (exact) mass is 321 g/mol. The van der Waals surface area contributed by atoms with Crippen LogP contribution in [0.4, 0.5) is 13.2 Å². The van der Waals surface area contributed by atoms with Crippen molar-refractivity contribution >= 4 is 17.9 Å². The third kappa shape index (κ3) is 3.15. The van der Waals surface area contributed by atoms with Crippen LogP contribution in [-0.2, 0) is 22.8 Å². The Labute approximate surface area is 128 Å². The summed E-state index contributed by atoms with van der Waals surface area (Å²) in [4.78, 5) is 15.8. The number of aryl methyl sites for hydroxylation is 1. The van der Waals surface area contributed by atoms with Crippen LogP contribution in [-0.4, -0.2) is 21.6 Å². The van der Waals surface area contributed by atoms with E-state index >= 15 is 0 Å². The van der Waals surface area contributed by atoms with Crippen molar-refractivity contribution < 1.29 is 22.7 Å². The highest BCUT2D eigenvalue weighted by atomic mass is 19.4. The number of carbonyl (C=O) groups excluding carboxylic acids is 1. The molecular formula is C15H10F3N3O2. The van der Waals surface area contributed by atoms with Crippen molar-refractivity contribution in [3.8, 4) is 0 Å². The molecule has 1 aromatic heterocycles. The number of esters is 1. The van der Waals surface area contributed by atoms with Crippen molar-refractivity contribution in [2.45, 2.75) is 6.18 Å². The minimum absolute atomic E-state index is 0.0288. The summed E-state index contributed by atoms with van der Waals surface area (Å²) in [6.45, 7) is 0. The highest BCUT2D eigenvalue weighted by molar-refractivity contribution is 6.12. The summed E-state index contributed by atoms with van der Waals surface area (Å²) in [7, 11) is 1.73. The molecule has 0 saturated heterocycles. The van der Waals surface area contributed by atoms with E-state index in [2.05, 4.69) is 10.1 Å². The Balaban J connectivity index is 1.88. The van der Waals surface area contributed by atoms with Crippen LogP contribution in [0.2, 0.25) is 0 Å². The van der Waals surface area contributed by atoms with Crippen LogP contribution in [0, 0.1) is 0 Å². The summed E-state index contributed by atoms with van der Waals surface area (Å²) in [5, 5.41) is 3.96. The predicted molar refractivity (Wildman–Crippen MR) is 75.3 cm³/mol. The molecule has 0 radical (unpaired) electrons. The lowest BCUT2D eigenvalue weighted by molar-refractivity contribution is -0.137. The van der Waals surface area contributed by atoms with Crippen LogP contribution < -0.4 is 0 Å². The summed E-state index contributed by atoms with van der Waals surface area (Å²) in [6, 6.07) is 4.24. The molecule has 0 fully saturated rings. The first-order valence-electron chi connectivity index (χ1n) is 6.52. The number of aliphatic imine (C=N–C) groups is 1. The van der Waals surface area contributed by atoms with Gasteiger partial charge in [0.15, 0.2) is 5.70 Å². The van der Waals surface area contributed by atoms with Crippen molar-refractivity contribution in [1.82, 2.24) is 9.78 Å². The van der Waals surface area contributed by atoms with Crippen LogP contribution >= 0.6 is 0 Å². The summed E-state index contributed by atoms with van der Waals surface area (Å²) in [5.74, 6) is -0.692. The van der Waals surface area contributed by atoms with E-state index in [0.717, 1.165) is 12.1 Å². The second-order valence-electron chi connectivity index (χ2n) is 4.86. The molecule has 23 heavy (non-hydrogen) atoms. The van der Waals surface area contributed by atoms with Gasteiger partial charge < -0.3 is 4.74 Å². The fourth-order valence-corrected chi connectivity index (χ4v) is 2.01. The molecule has 0 unspecified atom stereocenters. The van der Waals surface area contributed by atoms with Crippen LogP contribution in [0.3, 0.4) is 0 Å². The number of benzene rings is 1. The van der Waals surface area contributed by atoms with Gasteiger partial charge in [-0.3, -0.25) is 4.68 Å². The number of rotatable bonds is 2. The molecule has 0 amide bonds. The van der Waals surface area contributed by atoms with Crippen molar-refractivity contribution in [2.24, 2.45) is 12.0 Å². The average Bonchev–Trinajstić information content (AvgIpc) is 3.05. The smallest absolute Gasteiger partial charge is 0.402 e. The molecule has 0 aliphatic carbocycles. The van der Waals surface area contributed by atoms with Gasteiger partial charge >= 0.3 is 12.1 Å². The van der Waals surface area contributed by atoms with E-state index in [1.807, 2.05) is 0 Å². The van der Waals surface area contributed by atoms with Gasteiger partial charge in [-0.25, -0.2) is 9.79 Å². The maximum atomic E-state index is 12.5. The Bertz CT molecular complexity index is 817. The number of alkyl halides is 3. The van der Waals surface area contributed by atoms with Crippen molar-refractivity contribution in [1.29, 1.82) is 0 Å². The molecule has 2 aromatic rings. The van der Waals surface area contributed by atoms with Crippen LogP contribution in [0.25, 0.3) is 6.08 Å². The Hall–Kier alpha value is -2.90. The first-order chi connectivity index (χ1) is 10.8. The van der Waals surface area contributed by atoms with E-state index in [0.29, 0.717) is 11.1 Å². The second kappa shape index (κ2) is 5.38. The van der Waals surface area contributed by atoms with E-state index in [4.69, 9.17) is 4.74 Å². The number of hydrogen-bond donors (Lipinski definition) is 0. The van der Waals surface area contributed by atoms with Gasteiger partial charge in [-0.15, -0.1) is 0 Å². The molecule has 1 aliphatic heterocycles. The number of halogens is 3. The largest absolute Gasteiger partial charge is 0.416 e. The highest BCUT2D eigenvalue weighted by Crippen LogP contribution is 2.29. The lowest BCUT2D eigenvalue weighted by atomic mass is 10.1. The molecule has 0 atom stereocenters. The summed E-state index contributed by atoms with van der Waals surface area (Å²) >= 11 is 0. The molecule has 0 saturated carbocycles. The zero-order chi connectivity index (χ0) is 16.6. The summed E-state index contributed by atoms with van der Waals surface area (Å²) < 4.78 is 44.2.